The molecule has 0 atom stereocenters. The van der Waals surface area contributed by atoms with E-state index in [0.717, 1.165) is 23.0 Å². The van der Waals surface area contributed by atoms with Crippen LogP contribution in [-0.4, -0.2) is 10.7 Å². The first-order valence-electron chi connectivity index (χ1n) is 7.39. The highest BCUT2D eigenvalue weighted by Gasteiger charge is 2.35. The molecule has 0 N–H and O–H groups in total. The zero-order valence-electron chi connectivity index (χ0n) is 13.2. The second-order valence-corrected chi connectivity index (χ2v) is 6.75. The van der Waals surface area contributed by atoms with Crippen molar-refractivity contribution in [1.29, 1.82) is 0 Å². The van der Waals surface area contributed by atoms with E-state index in [-0.39, 0.29) is 11.0 Å². The number of rotatable bonds is 1. The van der Waals surface area contributed by atoms with E-state index in [1.54, 1.807) is 0 Å². The molecule has 0 radical (unpaired) electrons. The Kier molecular flexibility index (Phi) is 3.54. The molecule has 1 aromatic carbocycles. The lowest BCUT2D eigenvalue weighted by molar-refractivity contribution is -0.137. The number of hydrogen-bond acceptors (Lipinski definition) is 2. The molecule has 0 bridgehead atoms. The van der Waals surface area contributed by atoms with Crippen LogP contribution in [0.2, 0.25) is 0 Å². The van der Waals surface area contributed by atoms with Crippen LogP contribution in [0.1, 0.15) is 43.0 Å². The largest absolute Gasteiger partial charge is 0.418 e. The Labute approximate surface area is 133 Å². The van der Waals surface area contributed by atoms with Gasteiger partial charge in [-0.2, -0.15) is 13.2 Å². The third kappa shape index (κ3) is 3.00. The van der Waals surface area contributed by atoms with E-state index in [2.05, 4.69) is 30.7 Å². The molecule has 5 heteroatoms. The van der Waals surface area contributed by atoms with Gasteiger partial charge in [0, 0.05) is 24.4 Å². The van der Waals surface area contributed by atoms with Gasteiger partial charge in [-0.1, -0.05) is 32.9 Å². The van der Waals surface area contributed by atoms with Crippen molar-refractivity contribution in [1.82, 2.24) is 4.98 Å². The Balaban J connectivity index is 2.04. The van der Waals surface area contributed by atoms with Crippen molar-refractivity contribution in [3.05, 3.63) is 58.9 Å². The summed E-state index contributed by atoms with van der Waals surface area (Å²) in [5.41, 5.74) is 2.63. The van der Waals surface area contributed by atoms with Gasteiger partial charge >= 0.3 is 6.18 Å². The number of aliphatic imine (C=N–C) groups is 1. The normalized spacial score (nSPS) is 14.6. The van der Waals surface area contributed by atoms with Gasteiger partial charge in [0.25, 0.3) is 0 Å². The fraction of sp³-hybridized carbons (Fsp3) is 0.333. The van der Waals surface area contributed by atoms with Gasteiger partial charge in [0.05, 0.1) is 17.0 Å². The lowest BCUT2D eigenvalue weighted by Gasteiger charge is -2.19. The highest BCUT2D eigenvalue weighted by Crippen LogP contribution is 2.37. The van der Waals surface area contributed by atoms with E-state index < -0.39 is 11.7 Å². The topological polar surface area (TPSA) is 25.2 Å². The molecule has 1 aromatic heterocycles. The molecule has 0 fully saturated rings. The summed E-state index contributed by atoms with van der Waals surface area (Å²) in [6.07, 6.45) is -1.79. The summed E-state index contributed by atoms with van der Waals surface area (Å²) in [6, 6.07) is 7.34. The second-order valence-electron chi connectivity index (χ2n) is 6.75. The predicted molar refractivity (Wildman–Crippen MR) is 84.3 cm³/mol. The fourth-order valence-electron chi connectivity index (χ4n) is 2.68. The molecule has 0 amide bonds. The van der Waals surface area contributed by atoms with E-state index in [1.807, 2.05) is 18.2 Å². The molecule has 120 valence electrons. The number of pyridine rings is 1. The van der Waals surface area contributed by atoms with Crippen LogP contribution in [0.5, 0.6) is 0 Å². The zero-order valence-corrected chi connectivity index (χ0v) is 13.2. The molecular formula is C18H17F3N2. The summed E-state index contributed by atoms with van der Waals surface area (Å²) < 4.78 is 39.5. The van der Waals surface area contributed by atoms with E-state index >= 15 is 0 Å². The Bertz CT molecular complexity index is 784. The van der Waals surface area contributed by atoms with E-state index in [4.69, 9.17) is 0 Å². The summed E-state index contributed by atoms with van der Waals surface area (Å²) in [6.45, 7) is 6.29. The average Bonchev–Trinajstić information content (AvgIpc) is 2.88. The molecule has 2 heterocycles. The summed E-state index contributed by atoms with van der Waals surface area (Å²) in [5.74, 6) is 0. The van der Waals surface area contributed by atoms with Gasteiger partial charge in [0.15, 0.2) is 0 Å². The van der Waals surface area contributed by atoms with Crippen molar-refractivity contribution < 1.29 is 13.2 Å². The highest BCUT2D eigenvalue weighted by molar-refractivity contribution is 6.07. The SMILES string of the molecule is CC(C)(C)c1ccc2c(c1)N=C(c1ccncc1C(F)(F)F)C2. The van der Waals surface area contributed by atoms with Crippen molar-refractivity contribution in [3.8, 4) is 0 Å². The zero-order chi connectivity index (χ0) is 16.8. The van der Waals surface area contributed by atoms with Crippen LogP contribution in [0.4, 0.5) is 18.9 Å². The predicted octanol–water partition coefficient (Wildman–Crippen LogP) is 5.07. The summed E-state index contributed by atoms with van der Waals surface area (Å²) >= 11 is 0. The van der Waals surface area contributed by atoms with Crippen LogP contribution in [0, 0.1) is 0 Å². The molecule has 1 aliphatic heterocycles. The van der Waals surface area contributed by atoms with Gasteiger partial charge in [0.1, 0.15) is 0 Å². The lowest BCUT2D eigenvalue weighted by atomic mass is 9.86. The van der Waals surface area contributed by atoms with Crippen LogP contribution in [-0.2, 0) is 18.0 Å². The highest BCUT2D eigenvalue weighted by atomic mass is 19.4. The van der Waals surface area contributed by atoms with Gasteiger partial charge in [-0.05, 0) is 28.7 Å². The van der Waals surface area contributed by atoms with Crippen molar-refractivity contribution in [2.45, 2.75) is 38.8 Å². The molecule has 3 rings (SSSR count). The number of hydrogen-bond donors (Lipinski definition) is 0. The first kappa shape index (κ1) is 15.7. The number of aromatic nitrogens is 1. The minimum Gasteiger partial charge on any atom is -0.264 e. The molecule has 0 saturated carbocycles. The lowest BCUT2D eigenvalue weighted by Crippen LogP contribution is -2.14. The van der Waals surface area contributed by atoms with Crippen LogP contribution in [0.15, 0.2) is 41.7 Å². The van der Waals surface area contributed by atoms with Crippen LogP contribution in [0.3, 0.4) is 0 Å². The van der Waals surface area contributed by atoms with Crippen molar-refractivity contribution in [2.24, 2.45) is 4.99 Å². The second kappa shape index (κ2) is 5.18. The third-order valence-corrected chi connectivity index (χ3v) is 4.00. The fourth-order valence-corrected chi connectivity index (χ4v) is 2.68. The van der Waals surface area contributed by atoms with Crippen LogP contribution < -0.4 is 0 Å². The molecule has 0 spiro atoms. The van der Waals surface area contributed by atoms with Crippen molar-refractivity contribution in [2.75, 3.05) is 0 Å². The third-order valence-electron chi connectivity index (χ3n) is 4.00. The minimum atomic E-state index is -4.43. The maximum absolute atomic E-state index is 13.2. The molecule has 1 aliphatic rings. The van der Waals surface area contributed by atoms with Crippen molar-refractivity contribution in [3.63, 3.8) is 0 Å². The maximum Gasteiger partial charge on any atom is 0.418 e. The Hall–Kier alpha value is -2.17. The van der Waals surface area contributed by atoms with E-state index in [1.165, 1.54) is 12.3 Å². The van der Waals surface area contributed by atoms with Crippen molar-refractivity contribution >= 4 is 11.4 Å². The number of fused-ring (bicyclic) bond motifs is 1. The molecule has 0 unspecified atom stereocenters. The standard InChI is InChI=1S/C18H17F3N2/c1-17(2,3)12-5-4-11-8-16(23-15(11)9-12)13-6-7-22-10-14(13)18(19,20)21/h4-7,9-10H,8H2,1-3H3. The molecule has 23 heavy (non-hydrogen) atoms. The first-order valence-corrected chi connectivity index (χ1v) is 7.39. The average molecular weight is 318 g/mol. The molecule has 0 aliphatic carbocycles. The maximum atomic E-state index is 13.2. The molecular weight excluding hydrogens is 301 g/mol. The van der Waals surface area contributed by atoms with Gasteiger partial charge in [-0.25, -0.2) is 0 Å². The summed E-state index contributed by atoms with van der Waals surface area (Å²) in [4.78, 5) is 8.06. The minimum absolute atomic E-state index is 0.0267. The van der Waals surface area contributed by atoms with E-state index in [0.29, 0.717) is 12.1 Å². The number of alkyl halides is 3. The summed E-state index contributed by atoms with van der Waals surface area (Å²) in [5, 5.41) is 0. The van der Waals surface area contributed by atoms with Gasteiger partial charge in [-0.15, -0.1) is 0 Å². The van der Waals surface area contributed by atoms with Gasteiger partial charge in [-0.3, -0.25) is 9.98 Å². The molecule has 0 saturated heterocycles. The monoisotopic (exact) mass is 318 g/mol. The number of benzene rings is 1. The van der Waals surface area contributed by atoms with Crippen LogP contribution >= 0.6 is 0 Å². The molecule has 2 nitrogen and oxygen atoms in total. The summed E-state index contributed by atoms with van der Waals surface area (Å²) in [7, 11) is 0. The quantitative estimate of drug-likeness (QED) is 0.720. The Morgan fingerprint density at radius 2 is 1.78 bits per heavy atom. The van der Waals surface area contributed by atoms with Gasteiger partial charge < -0.3 is 0 Å². The number of nitrogens with zero attached hydrogens (tertiary/aromatic N) is 2. The van der Waals surface area contributed by atoms with Gasteiger partial charge in [0.2, 0.25) is 0 Å². The van der Waals surface area contributed by atoms with Crippen LogP contribution in [0.25, 0.3) is 0 Å². The number of halogens is 3. The Morgan fingerprint density at radius 3 is 2.43 bits per heavy atom. The smallest absolute Gasteiger partial charge is 0.264 e. The Morgan fingerprint density at radius 1 is 1.04 bits per heavy atom. The van der Waals surface area contributed by atoms with E-state index in [9.17, 15) is 13.2 Å². The molecule has 2 aromatic rings. The first-order chi connectivity index (χ1) is 10.7.